The lowest BCUT2D eigenvalue weighted by Gasteiger charge is -2.00. The fourth-order valence-electron chi connectivity index (χ4n) is 1.28. The fraction of sp³-hybridized carbons (Fsp3) is 0.111. The fourth-order valence-corrected chi connectivity index (χ4v) is 1.79. The minimum Gasteiger partial charge on any atom is -0.464 e. The van der Waals surface area contributed by atoms with Crippen molar-refractivity contribution in [1.82, 2.24) is 9.38 Å². The highest BCUT2D eigenvalue weighted by Gasteiger charge is 2.15. The predicted octanol–water partition coefficient (Wildman–Crippen LogP) is 2.43. The number of methoxy groups -OCH3 is 1. The number of imidazole rings is 1. The van der Waals surface area contributed by atoms with E-state index in [1.807, 2.05) is 0 Å². The lowest BCUT2D eigenvalue weighted by atomic mass is 10.3. The molecule has 15 heavy (non-hydrogen) atoms. The molecule has 2 heterocycles. The zero-order chi connectivity index (χ0) is 11.0. The molecule has 0 aromatic carbocycles. The molecule has 0 saturated heterocycles. The van der Waals surface area contributed by atoms with Crippen molar-refractivity contribution in [3.05, 3.63) is 34.3 Å². The summed E-state index contributed by atoms with van der Waals surface area (Å²) in [6, 6.07) is 3.17. The molecule has 0 aliphatic rings. The van der Waals surface area contributed by atoms with Crippen LogP contribution >= 0.6 is 23.2 Å². The van der Waals surface area contributed by atoms with Crippen LogP contribution in [0.3, 0.4) is 0 Å². The average Bonchev–Trinajstić information content (AvgIpc) is 2.60. The Labute approximate surface area is 95.4 Å². The summed E-state index contributed by atoms with van der Waals surface area (Å²) in [6.45, 7) is 0. The standard InChI is InChI=1S/C9H6Cl2N2O2/c1-15-9(14)8-6-2-5(10)3-7(11)13(6)4-12-8/h2-4H,1H3. The van der Waals surface area contributed by atoms with E-state index < -0.39 is 5.97 Å². The number of ether oxygens (including phenoxy) is 1. The first-order chi connectivity index (χ1) is 7.13. The summed E-state index contributed by atoms with van der Waals surface area (Å²) in [5, 5.41) is 0.832. The quantitative estimate of drug-likeness (QED) is 0.572. The number of esters is 1. The van der Waals surface area contributed by atoms with Crippen molar-refractivity contribution in [3.63, 3.8) is 0 Å². The third-order valence-corrected chi connectivity index (χ3v) is 2.45. The largest absolute Gasteiger partial charge is 0.464 e. The molecule has 2 aromatic heterocycles. The Bertz CT molecular complexity index is 536. The van der Waals surface area contributed by atoms with E-state index in [0.29, 0.717) is 15.7 Å². The minimum absolute atomic E-state index is 0.196. The Balaban J connectivity index is 2.74. The molecule has 0 radical (unpaired) electrons. The van der Waals surface area contributed by atoms with E-state index in [2.05, 4.69) is 9.72 Å². The smallest absolute Gasteiger partial charge is 0.358 e. The van der Waals surface area contributed by atoms with Crippen molar-refractivity contribution in [3.8, 4) is 0 Å². The Morgan fingerprint density at radius 3 is 2.87 bits per heavy atom. The first kappa shape index (κ1) is 10.3. The molecule has 2 aromatic rings. The molecule has 0 amide bonds. The zero-order valence-electron chi connectivity index (χ0n) is 7.70. The molecular weight excluding hydrogens is 239 g/mol. The SMILES string of the molecule is COC(=O)c1ncn2c(Cl)cc(Cl)cc12. The molecule has 0 fully saturated rings. The van der Waals surface area contributed by atoms with Gasteiger partial charge in [0.2, 0.25) is 0 Å². The van der Waals surface area contributed by atoms with Gasteiger partial charge in [0, 0.05) is 5.02 Å². The number of pyridine rings is 1. The summed E-state index contributed by atoms with van der Waals surface area (Å²) in [5.41, 5.74) is 0.723. The van der Waals surface area contributed by atoms with Crippen LogP contribution in [0.25, 0.3) is 5.52 Å². The number of aromatic nitrogens is 2. The number of carbonyl (C=O) groups is 1. The second-order valence-corrected chi connectivity index (χ2v) is 3.66. The topological polar surface area (TPSA) is 43.6 Å². The minimum atomic E-state index is -0.518. The summed E-state index contributed by atoms with van der Waals surface area (Å²) in [4.78, 5) is 15.2. The average molecular weight is 245 g/mol. The van der Waals surface area contributed by atoms with Gasteiger partial charge in [0.1, 0.15) is 11.5 Å². The zero-order valence-corrected chi connectivity index (χ0v) is 9.21. The third kappa shape index (κ3) is 1.66. The highest BCUT2D eigenvalue weighted by Crippen LogP contribution is 2.22. The Morgan fingerprint density at radius 1 is 1.47 bits per heavy atom. The highest BCUT2D eigenvalue weighted by atomic mass is 35.5. The van der Waals surface area contributed by atoms with Crippen molar-refractivity contribution < 1.29 is 9.53 Å². The normalized spacial score (nSPS) is 10.6. The molecule has 0 saturated carbocycles. The summed E-state index contributed by atoms with van der Waals surface area (Å²) in [5.74, 6) is -0.518. The van der Waals surface area contributed by atoms with Gasteiger partial charge in [0.15, 0.2) is 5.69 Å². The number of hydrogen-bond acceptors (Lipinski definition) is 3. The van der Waals surface area contributed by atoms with Crippen LogP contribution in [0.2, 0.25) is 10.2 Å². The molecule has 0 bridgehead atoms. The van der Waals surface area contributed by atoms with Gasteiger partial charge in [0.25, 0.3) is 0 Å². The summed E-state index contributed by atoms with van der Waals surface area (Å²) >= 11 is 11.7. The van der Waals surface area contributed by atoms with E-state index >= 15 is 0 Å². The predicted molar refractivity (Wildman–Crippen MR) is 56.6 cm³/mol. The lowest BCUT2D eigenvalue weighted by molar-refractivity contribution is 0.0597. The van der Waals surface area contributed by atoms with Crippen molar-refractivity contribution in [2.45, 2.75) is 0 Å². The van der Waals surface area contributed by atoms with E-state index in [4.69, 9.17) is 23.2 Å². The Hall–Kier alpha value is -1.26. The first-order valence-electron chi connectivity index (χ1n) is 4.04. The molecular formula is C9H6Cl2N2O2. The van der Waals surface area contributed by atoms with Gasteiger partial charge in [0.05, 0.1) is 12.6 Å². The molecule has 0 atom stereocenters. The molecule has 0 unspecified atom stereocenters. The first-order valence-corrected chi connectivity index (χ1v) is 4.79. The van der Waals surface area contributed by atoms with Crippen molar-refractivity contribution in [2.24, 2.45) is 0 Å². The lowest BCUT2D eigenvalue weighted by Crippen LogP contribution is -2.02. The number of hydrogen-bond donors (Lipinski definition) is 0. The molecule has 0 N–H and O–H groups in total. The van der Waals surface area contributed by atoms with Crippen LogP contribution in [-0.4, -0.2) is 22.5 Å². The van der Waals surface area contributed by atoms with E-state index in [9.17, 15) is 4.79 Å². The number of carbonyl (C=O) groups excluding carboxylic acids is 1. The highest BCUT2D eigenvalue weighted by molar-refractivity contribution is 6.34. The van der Waals surface area contributed by atoms with Gasteiger partial charge in [-0.3, -0.25) is 4.40 Å². The van der Waals surface area contributed by atoms with Gasteiger partial charge in [-0.25, -0.2) is 9.78 Å². The third-order valence-electron chi connectivity index (χ3n) is 1.94. The van der Waals surface area contributed by atoms with Crippen molar-refractivity contribution >= 4 is 34.7 Å². The van der Waals surface area contributed by atoms with Gasteiger partial charge in [-0.15, -0.1) is 0 Å². The summed E-state index contributed by atoms with van der Waals surface area (Å²) in [7, 11) is 1.29. The summed E-state index contributed by atoms with van der Waals surface area (Å²) in [6.07, 6.45) is 1.44. The van der Waals surface area contributed by atoms with Gasteiger partial charge in [-0.05, 0) is 12.1 Å². The van der Waals surface area contributed by atoms with E-state index in [1.54, 1.807) is 16.5 Å². The maximum atomic E-state index is 11.3. The van der Waals surface area contributed by atoms with Crippen LogP contribution in [-0.2, 0) is 4.74 Å². The number of fused-ring (bicyclic) bond motifs is 1. The maximum absolute atomic E-state index is 11.3. The van der Waals surface area contributed by atoms with Crippen LogP contribution in [0.4, 0.5) is 0 Å². The molecule has 4 nitrogen and oxygen atoms in total. The van der Waals surface area contributed by atoms with Crippen LogP contribution in [0.5, 0.6) is 0 Å². The van der Waals surface area contributed by atoms with Crippen LogP contribution in [0.1, 0.15) is 10.5 Å². The monoisotopic (exact) mass is 244 g/mol. The molecule has 78 valence electrons. The Kier molecular flexibility index (Phi) is 2.54. The van der Waals surface area contributed by atoms with Gasteiger partial charge in [-0.2, -0.15) is 0 Å². The van der Waals surface area contributed by atoms with Gasteiger partial charge in [-0.1, -0.05) is 23.2 Å². The van der Waals surface area contributed by atoms with Gasteiger partial charge < -0.3 is 4.74 Å². The molecule has 0 aliphatic carbocycles. The molecule has 6 heteroatoms. The van der Waals surface area contributed by atoms with E-state index in [1.165, 1.54) is 13.4 Å². The second kappa shape index (κ2) is 3.72. The number of halogens is 2. The van der Waals surface area contributed by atoms with E-state index in [-0.39, 0.29) is 5.69 Å². The maximum Gasteiger partial charge on any atom is 0.358 e. The second-order valence-electron chi connectivity index (χ2n) is 2.84. The molecule has 2 rings (SSSR count). The summed E-state index contributed by atoms with van der Waals surface area (Å²) < 4.78 is 6.14. The number of nitrogens with zero attached hydrogens (tertiary/aromatic N) is 2. The van der Waals surface area contributed by atoms with Crippen LogP contribution < -0.4 is 0 Å². The van der Waals surface area contributed by atoms with Crippen molar-refractivity contribution in [2.75, 3.05) is 7.11 Å². The van der Waals surface area contributed by atoms with Crippen LogP contribution in [0.15, 0.2) is 18.5 Å². The van der Waals surface area contributed by atoms with Crippen molar-refractivity contribution in [1.29, 1.82) is 0 Å². The Morgan fingerprint density at radius 2 is 2.20 bits per heavy atom. The van der Waals surface area contributed by atoms with Crippen LogP contribution in [0, 0.1) is 0 Å². The van der Waals surface area contributed by atoms with E-state index in [0.717, 1.165) is 0 Å². The molecule has 0 spiro atoms. The van der Waals surface area contributed by atoms with Gasteiger partial charge >= 0.3 is 5.97 Å². The molecule has 0 aliphatic heterocycles. The number of rotatable bonds is 1.